The van der Waals surface area contributed by atoms with Crippen molar-refractivity contribution in [2.75, 3.05) is 5.32 Å². The van der Waals surface area contributed by atoms with Crippen molar-refractivity contribution >= 4 is 38.5 Å². The molecule has 3 aromatic rings. The van der Waals surface area contributed by atoms with E-state index in [4.69, 9.17) is 0 Å². The molecule has 7 heteroatoms. The summed E-state index contributed by atoms with van der Waals surface area (Å²) in [6.07, 6.45) is 0. The summed E-state index contributed by atoms with van der Waals surface area (Å²) in [5.41, 5.74) is 2.08. The predicted octanol–water partition coefficient (Wildman–Crippen LogP) is 4.14. The van der Waals surface area contributed by atoms with Crippen LogP contribution in [-0.4, -0.2) is 22.8 Å². The van der Waals surface area contributed by atoms with Crippen molar-refractivity contribution in [3.63, 3.8) is 0 Å². The van der Waals surface area contributed by atoms with E-state index in [1.807, 2.05) is 26.8 Å². The second-order valence-electron chi connectivity index (χ2n) is 6.68. The monoisotopic (exact) mass is 385 g/mol. The van der Waals surface area contributed by atoms with Crippen LogP contribution in [0.2, 0.25) is 0 Å². The van der Waals surface area contributed by atoms with Crippen LogP contribution in [0.15, 0.2) is 42.5 Å². The van der Waals surface area contributed by atoms with E-state index < -0.39 is 6.04 Å². The van der Waals surface area contributed by atoms with E-state index in [1.54, 1.807) is 24.3 Å². The molecule has 0 spiro atoms. The minimum atomic E-state index is -0.721. The summed E-state index contributed by atoms with van der Waals surface area (Å²) in [7, 11) is 0. The van der Waals surface area contributed by atoms with Gasteiger partial charge in [-0.1, -0.05) is 42.9 Å². The summed E-state index contributed by atoms with van der Waals surface area (Å²) in [6.45, 7) is 5.61. The average Bonchev–Trinajstić information content (AvgIpc) is 3.00. The fourth-order valence-corrected chi connectivity index (χ4v) is 3.57. The first-order valence-corrected chi connectivity index (χ1v) is 9.39. The molecular formula is C20H20FN3O2S. The van der Waals surface area contributed by atoms with Crippen LogP contribution in [0, 0.1) is 18.7 Å². The molecule has 0 saturated heterocycles. The number of carbonyl (C=O) groups is 2. The van der Waals surface area contributed by atoms with E-state index in [0.717, 1.165) is 5.56 Å². The van der Waals surface area contributed by atoms with E-state index >= 15 is 0 Å². The lowest BCUT2D eigenvalue weighted by atomic mass is 10.0. The zero-order chi connectivity index (χ0) is 19.6. The Balaban J connectivity index is 1.75. The van der Waals surface area contributed by atoms with Gasteiger partial charge < -0.3 is 10.6 Å². The zero-order valence-electron chi connectivity index (χ0n) is 15.2. The van der Waals surface area contributed by atoms with E-state index in [0.29, 0.717) is 20.9 Å². The van der Waals surface area contributed by atoms with Crippen molar-refractivity contribution in [3.8, 4) is 0 Å². The van der Waals surface area contributed by atoms with Gasteiger partial charge in [0.25, 0.3) is 5.91 Å². The smallest absolute Gasteiger partial charge is 0.251 e. The highest BCUT2D eigenvalue weighted by atomic mass is 32.1. The molecule has 1 atom stereocenters. The first-order chi connectivity index (χ1) is 12.8. The predicted molar refractivity (Wildman–Crippen MR) is 105 cm³/mol. The summed E-state index contributed by atoms with van der Waals surface area (Å²) >= 11 is 1.19. The third kappa shape index (κ3) is 4.49. The third-order valence-corrected chi connectivity index (χ3v) is 5.03. The number of nitrogens with one attached hydrogen (secondary N) is 2. The molecule has 0 bridgehead atoms. The molecule has 0 radical (unpaired) electrons. The Labute approximate surface area is 160 Å². The number of fused-ring (bicyclic) bond motifs is 1. The van der Waals surface area contributed by atoms with E-state index in [-0.39, 0.29) is 23.5 Å². The highest BCUT2D eigenvalue weighted by Gasteiger charge is 2.25. The number of hydrogen-bond acceptors (Lipinski definition) is 4. The number of aromatic nitrogens is 1. The number of halogens is 1. The molecule has 5 nitrogen and oxygen atoms in total. The van der Waals surface area contributed by atoms with Gasteiger partial charge in [-0.25, -0.2) is 9.37 Å². The number of benzene rings is 2. The molecule has 2 amide bonds. The summed E-state index contributed by atoms with van der Waals surface area (Å²) < 4.78 is 14.0. The van der Waals surface area contributed by atoms with Crippen molar-refractivity contribution in [1.82, 2.24) is 10.3 Å². The maximum absolute atomic E-state index is 13.3. The first-order valence-electron chi connectivity index (χ1n) is 8.58. The van der Waals surface area contributed by atoms with Gasteiger partial charge in [-0.3, -0.25) is 9.59 Å². The molecule has 0 unspecified atom stereocenters. The van der Waals surface area contributed by atoms with Gasteiger partial charge in [0.1, 0.15) is 11.9 Å². The maximum atomic E-state index is 13.3. The summed E-state index contributed by atoms with van der Waals surface area (Å²) in [6, 6.07) is 10.7. The summed E-state index contributed by atoms with van der Waals surface area (Å²) in [4.78, 5) is 29.5. The molecule has 0 saturated carbocycles. The number of amides is 2. The number of aryl methyl sites for hydroxylation is 1. The van der Waals surface area contributed by atoms with Crippen LogP contribution in [0.1, 0.15) is 29.8 Å². The topological polar surface area (TPSA) is 71.1 Å². The second kappa shape index (κ2) is 7.84. The van der Waals surface area contributed by atoms with Crippen molar-refractivity contribution in [1.29, 1.82) is 0 Å². The Bertz CT molecular complexity index is 1000. The number of hydrogen-bond donors (Lipinski definition) is 2. The lowest BCUT2D eigenvalue weighted by Gasteiger charge is -2.21. The van der Waals surface area contributed by atoms with Gasteiger partial charge in [-0.05, 0) is 43.2 Å². The molecule has 0 aliphatic rings. The zero-order valence-corrected chi connectivity index (χ0v) is 16.1. The largest absolute Gasteiger partial charge is 0.340 e. The van der Waals surface area contributed by atoms with Gasteiger partial charge in [-0.2, -0.15) is 0 Å². The Morgan fingerprint density at radius 1 is 1.15 bits per heavy atom. The van der Waals surface area contributed by atoms with Crippen LogP contribution in [0.5, 0.6) is 0 Å². The lowest BCUT2D eigenvalue weighted by Crippen LogP contribution is -2.47. The number of thiazole rings is 1. The molecule has 1 aromatic heterocycles. The normalized spacial score (nSPS) is 12.2. The number of nitrogens with zero attached hydrogens (tertiary/aromatic N) is 1. The standard InChI is InChI=1S/C20H20FN3O2S/c1-11(2)17(23-18(25)13-6-4-5-12(3)9-13)19(26)24-20-22-15-8-7-14(21)10-16(15)27-20/h4-11,17H,1-3H3,(H,23,25)(H,22,24,26)/t17-/m0/s1. The highest BCUT2D eigenvalue weighted by molar-refractivity contribution is 7.22. The number of rotatable bonds is 5. The fourth-order valence-electron chi connectivity index (χ4n) is 2.68. The first kappa shape index (κ1) is 19.0. The molecule has 0 aliphatic heterocycles. The molecule has 2 aromatic carbocycles. The van der Waals surface area contributed by atoms with E-state index in [2.05, 4.69) is 15.6 Å². The molecule has 0 fully saturated rings. The van der Waals surface area contributed by atoms with Crippen molar-refractivity contribution in [2.45, 2.75) is 26.8 Å². The average molecular weight is 385 g/mol. The third-order valence-electron chi connectivity index (χ3n) is 4.10. The maximum Gasteiger partial charge on any atom is 0.251 e. The lowest BCUT2D eigenvalue weighted by molar-refractivity contribution is -0.118. The van der Waals surface area contributed by atoms with Crippen LogP contribution >= 0.6 is 11.3 Å². The second-order valence-corrected chi connectivity index (χ2v) is 7.72. The van der Waals surface area contributed by atoms with Gasteiger partial charge in [0.15, 0.2) is 5.13 Å². The van der Waals surface area contributed by atoms with Gasteiger partial charge in [-0.15, -0.1) is 0 Å². The van der Waals surface area contributed by atoms with Crippen LogP contribution in [0.3, 0.4) is 0 Å². The molecule has 1 heterocycles. The number of carbonyl (C=O) groups excluding carboxylic acids is 2. The molecule has 140 valence electrons. The van der Waals surface area contributed by atoms with Crippen LogP contribution in [0.4, 0.5) is 9.52 Å². The van der Waals surface area contributed by atoms with E-state index in [9.17, 15) is 14.0 Å². The molecule has 3 rings (SSSR count). The summed E-state index contributed by atoms with van der Waals surface area (Å²) in [5, 5.41) is 5.89. The van der Waals surface area contributed by atoms with Gasteiger partial charge >= 0.3 is 0 Å². The fraction of sp³-hybridized carbons (Fsp3) is 0.250. The van der Waals surface area contributed by atoms with Crippen molar-refractivity contribution < 1.29 is 14.0 Å². The SMILES string of the molecule is Cc1cccc(C(=O)N[C@H](C(=O)Nc2nc3ccc(F)cc3s2)C(C)C)c1. The van der Waals surface area contributed by atoms with Crippen LogP contribution in [0.25, 0.3) is 10.2 Å². The minimum absolute atomic E-state index is 0.120. The Kier molecular flexibility index (Phi) is 5.51. The van der Waals surface area contributed by atoms with Gasteiger partial charge in [0.05, 0.1) is 10.2 Å². The van der Waals surface area contributed by atoms with Gasteiger partial charge in [0, 0.05) is 5.56 Å². The highest BCUT2D eigenvalue weighted by Crippen LogP contribution is 2.26. The van der Waals surface area contributed by atoms with E-state index in [1.165, 1.54) is 23.5 Å². The van der Waals surface area contributed by atoms with Gasteiger partial charge in [0.2, 0.25) is 5.91 Å². The molecule has 27 heavy (non-hydrogen) atoms. The van der Waals surface area contributed by atoms with Crippen molar-refractivity contribution in [3.05, 3.63) is 59.4 Å². The minimum Gasteiger partial charge on any atom is -0.340 e. The van der Waals surface area contributed by atoms with Crippen LogP contribution in [-0.2, 0) is 4.79 Å². The van der Waals surface area contributed by atoms with Crippen molar-refractivity contribution in [2.24, 2.45) is 5.92 Å². The summed E-state index contributed by atoms with van der Waals surface area (Å²) in [5.74, 6) is -1.13. The number of anilines is 1. The Morgan fingerprint density at radius 3 is 2.63 bits per heavy atom. The quantitative estimate of drug-likeness (QED) is 0.693. The molecule has 0 aliphatic carbocycles. The molecule has 2 N–H and O–H groups in total. The Hall–Kier alpha value is -2.80. The van der Waals surface area contributed by atoms with Crippen LogP contribution < -0.4 is 10.6 Å². The molecular weight excluding hydrogens is 365 g/mol. The Morgan fingerprint density at radius 2 is 1.93 bits per heavy atom.